The summed E-state index contributed by atoms with van der Waals surface area (Å²) in [6, 6.07) is -2.53. The summed E-state index contributed by atoms with van der Waals surface area (Å²) in [7, 11) is -5.14. The Morgan fingerprint density at radius 1 is 1.27 bits per heavy atom. The third-order valence-electron chi connectivity index (χ3n) is 4.68. The number of ketones is 1. The largest absolute Gasteiger partial charge is 1.00 e. The van der Waals surface area contributed by atoms with Crippen LogP contribution < -0.4 is 34.9 Å². The summed E-state index contributed by atoms with van der Waals surface area (Å²) in [6.07, 6.45) is 0.229. The van der Waals surface area contributed by atoms with Crippen LogP contribution in [0.2, 0.25) is 0 Å². The van der Waals surface area contributed by atoms with Crippen LogP contribution in [-0.2, 0) is 46.8 Å². The number of hydrogen-bond acceptors (Lipinski definition) is 12. The Morgan fingerprint density at radius 2 is 2.00 bits per heavy atom. The first-order chi connectivity index (χ1) is 15.1. The maximum Gasteiger partial charge on any atom is 1.00 e. The number of hydroxylamine groups is 2. The van der Waals surface area contributed by atoms with Crippen molar-refractivity contribution in [1.82, 2.24) is 35.5 Å². The topological polar surface area (TPSA) is 206 Å². The van der Waals surface area contributed by atoms with E-state index in [2.05, 4.69) is 25.0 Å². The molecule has 33 heavy (non-hydrogen) atoms. The number of nitrogens with one attached hydrogen (secondary N) is 1. The zero-order valence-corrected chi connectivity index (χ0v) is 20.7. The number of carbonyl (C=O) groups excluding carboxylic acids is 4. The van der Waals surface area contributed by atoms with Gasteiger partial charge in [-0.1, -0.05) is 0 Å². The maximum absolute atomic E-state index is 12.5. The summed E-state index contributed by atoms with van der Waals surface area (Å²) in [4.78, 5) is 50.3. The van der Waals surface area contributed by atoms with Gasteiger partial charge in [0, 0.05) is 6.54 Å². The average molecular weight is 497 g/mol. The van der Waals surface area contributed by atoms with Crippen molar-refractivity contribution in [3.8, 4) is 0 Å². The van der Waals surface area contributed by atoms with E-state index in [9.17, 15) is 32.1 Å². The fourth-order valence-electron chi connectivity index (χ4n) is 3.37. The molecule has 16 nitrogen and oxygen atoms in total. The normalized spacial score (nSPS) is 19.8. The Hall–Kier alpha value is -2.18. The number of hydrogen-bond donors (Lipinski definition) is 1. The smallest absolute Gasteiger partial charge is 0.724 e. The molecule has 2 aliphatic rings. The van der Waals surface area contributed by atoms with Crippen LogP contribution in [0.3, 0.4) is 0 Å². The number of amides is 3. The molecule has 2 saturated heterocycles. The number of nitrogens with zero attached hydrogens (tertiary/aromatic N) is 6. The van der Waals surface area contributed by atoms with Crippen molar-refractivity contribution in [3.05, 3.63) is 5.82 Å². The third kappa shape index (κ3) is 7.15. The van der Waals surface area contributed by atoms with Crippen molar-refractivity contribution < 1.29 is 70.7 Å². The number of Topliss-reactive ketones (excluding diaryl/α,β-unsaturated/α-hetero) is 1. The summed E-state index contributed by atoms with van der Waals surface area (Å²) in [5.74, 6) is -1.54. The SMILES string of the molecule is CCOC(=O)Cc1nnn(CC(=O)CNC(=O)[C@@H]2CC[C@@H]3CN2C(=O)N3OS(=O)(=O)[O-])n1.[Na+]. The van der Waals surface area contributed by atoms with Gasteiger partial charge < -0.3 is 19.5 Å². The van der Waals surface area contributed by atoms with Crippen LogP contribution in [0.4, 0.5) is 4.79 Å². The first-order valence-corrected chi connectivity index (χ1v) is 10.9. The second kappa shape index (κ2) is 11.3. The Balaban J connectivity index is 0.00000385. The second-order valence-electron chi connectivity index (χ2n) is 6.96. The summed E-state index contributed by atoms with van der Waals surface area (Å²) in [5.41, 5.74) is 0. The molecule has 3 heterocycles. The molecule has 1 N–H and O–H groups in total. The van der Waals surface area contributed by atoms with E-state index < -0.39 is 46.2 Å². The van der Waals surface area contributed by atoms with Gasteiger partial charge in [0.15, 0.2) is 11.6 Å². The molecular weight excluding hydrogens is 477 g/mol. The summed E-state index contributed by atoms with van der Waals surface area (Å²) < 4.78 is 41.3. The van der Waals surface area contributed by atoms with E-state index in [1.807, 2.05) is 0 Å². The van der Waals surface area contributed by atoms with Crippen LogP contribution >= 0.6 is 0 Å². The van der Waals surface area contributed by atoms with Crippen molar-refractivity contribution in [1.29, 1.82) is 0 Å². The number of rotatable bonds is 10. The number of piperidine rings is 1. The molecule has 3 amide bonds. The molecule has 0 saturated carbocycles. The Morgan fingerprint density at radius 3 is 2.67 bits per heavy atom. The monoisotopic (exact) mass is 497 g/mol. The van der Waals surface area contributed by atoms with Gasteiger partial charge >= 0.3 is 41.6 Å². The minimum atomic E-state index is -5.14. The molecule has 2 fully saturated rings. The van der Waals surface area contributed by atoms with Gasteiger partial charge in [0.1, 0.15) is 19.0 Å². The number of esters is 1. The van der Waals surface area contributed by atoms with E-state index in [1.54, 1.807) is 6.92 Å². The first-order valence-electron chi connectivity index (χ1n) is 9.54. The van der Waals surface area contributed by atoms with Crippen LogP contribution in [-0.4, -0.2) is 98.6 Å². The van der Waals surface area contributed by atoms with Gasteiger partial charge in [-0.3, -0.25) is 14.4 Å². The number of tetrazole rings is 1. The molecule has 18 heteroatoms. The van der Waals surface area contributed by atoms with Gasteiger partial charge in [0.2, 0.25) is 16.3 Å². The van der Waals surface area contributed by atoms with Crippen molar-refractivity contribution >= 4 is 34.1 Å². The average Bonchev–Trinajstić information content (AvgIpc) is 3.23. The van der Waals surface area contributed by atoms with E-state index in [0.29, 0.717) is 5.06 Å². The van der Waals surface area contributed by atoms with Crippen molar-refractivity contribution in [3.63, 3.8) is 0 Å². The molecule has 176 valence electrons. The Bertz CT molecular complexity index is 1020. The fraction of sp³-hybridized carbons (Fsp3) is 0.667. The molecule has 3 rings (SSSR count). The summed E-state index contributed by atoms with van der Waals surface area (Å²) in [6.45, 7) is 1.17. The Kier molecular flexibility index (Phi) is 9.27. The number of ether oxygens (including phenoxy) is 1. The zero-order chi connectivity index (χ0) is 23.5. The molecular formula is C15H20N7NaO9S. The van der Waals surface area contributed by atoms with Gasteiger partial charge in [-0.05, 0) is 25.0 Å². The molecule has 1 aromatic heterocycles. The number of fused-ring (bicyclic) bond motifs is 2. The number of aromatic nitrogens is 4. The van der Waals surface area contributed by atoms with E-state index in [-0.39, 0.29) is 80.9 Å². The van der Waals surface area contributed by atoms with Gasteiger partial charge in [0.05, 0.1) is 19.2 Å². The molecule has 0 unspecified atom stereocenters. The van der Waals surface area contributed by atoms with Crippen LogP contribution in [0.5, 0.6) is 0 Å². The van der Waals surface area contributed by atoms with Crippen molar-refractivity contribution in [2.75, 3.05) is 19.7 Å². The predicted octanol–water partition coefficient (Wildman–Crippen LogP) is -5.87. The standard InChI is InChI=1S/C15H21N7O9S.Na/c1-2-30-13(24)5-12-17-19-21(18-12)8-10(23)6-16-14(25)11-4-3-9-7-20(11)15(26)22(9)31-32(27,28)29;/h9,11H,2-8H2,1H3,(H,16,25)(H,27,28,29);/q;+1/p-1/t9-,11+;/m1./s1. The summed E-state index contributed by atoms with van der Waals surface area (Å²) >= 11 is 0. The molecule has 0 aliphatic carbocycles. The fourth-order valence-corrected chi connectivity index (χ4v) is 3.76. The van der Waals surface area contributed by atoms with Crippen molar-refractivity contribution in [2.45, 2.75) is 44.8 Å². The van der Waals surface area contributed by atoms with Crippen LogP contribution in [0.1, 0.15) is 25.6 Å². The molecule has 0 aromatic carbocycles. The van der Waals surface area contributed by atoms with E-state index in [0.717, 1.165) is 9.70 Å². The molecule has 0 spiro atoms. The second-order valence-corrected chi connectivity index (χ2v) is 7.93. The first kappa shape index (κ1) is 27.1. The summed E-state index contributed by atoms with van der Waals surface area (Å²) in [5, 5.41) is 14.0. The third-order valence-corrected chi connectivity index (χ3v) is 5.02. The van der Waals surface area contributed by atoms with E-state index in [4.69, 9.17) is 4.74 Å². The van der Waals surface area contributed by atoms with Crippen molar-refractivity contribution in [2.24, 2.45) is 0 Å². The molecule has 1 aromatic rings. The Labute approximate surface area is 210 Å². The van der Waals surface area contributed by atoms with Gasteiger partial charge in [-0.2, -0.15) is 14.1 Å². The predicted molar refractivity (Wildman–Crippen MR) is 97.7 cm³/mol. The van der Waals surface area contributed by atoms with Crippen LogP contribution in [0.25, 0.3) is 0 Å². The molecule has 0 radical (unpaired) electrons. The van der Waals surface area contributed by atoms with E-state index in [1.165, 1.54) is 0 Å². The minimum Gasteiger partial charge on any atom is -0.724 e. The van der Waals surface area contributed by atoms with Gasteiger partial charge in [-0.25, -0.2) is 13.2 Å². The molecule has 2 aliphatic heterocycles. The zero-order valence-electron chi connectivity index (χ0n) is 17.9. The van der Waals surface area contributed by atoms with Gasteiger partial charge in [0.25, 0.3) is 0 Å². The van der Waals surface area contributed by atoms with Crippen LogP contribution in [0.15, 0.2) is 0 Å². The number of carbonyl (C=O) groups is 4. The van der Waals surface area contributed by atoms with E-state index >= 15 is 0 Å². The minimum absolute atomic E-state index is 0. The van der Waals surface area contributed by atoms with Crippen LogP contribution in [0, 0.1) is 0 Å². The number of urea groups is 1. The molecule has 2 bridgehead atoms. The van der Waals surface area contributed by atoms with Gasteiger partial charge in [-0.15, -0.1) is 10.2 Å². The maximum atomic E-state index is 12.5. The molecule has 2 atom stereocenters. The quantitative estimate of drug-likeness (QED) is 0.139.